The van der Waals surface area contributed by atoms with Gasteiger partial charge in [0, 0.05) is 19.6 Å². The van der Waals surface area contributed by atoms with Gasteiger partial charge in [-0.15, -0.1) is 0 Å². The second kappa shape index (κ2) is 3.89. The lowest BCUT2D eigenvalue weighted by atomic mass is 9.71. The first-order valence-corrected chi connectivity index (χ1v) is 5.64. The molecule has 1 aliphatic carbocycles. The molecule has 1 heterocycles. The van der Waals surface area contributed by atoms with Crippen LogP contribution < -0.4 is 5.32 Å². The van der Waals surface area contributed by atoms with E-state index in [4.69, 9.17) is 0 Å². The van der Waals surface area contributed by atoms with E-state index in [2.05, 4.69) is 5.32 Å². The van der Waals surface area contributed by atoms with Crippen LogP contribution in [0.4, 0.5) is 0 Å². The summed E-state index contributed by atoms with van der Waals surface area (Å²) in [5.74, 6) is 0.681. The average molecular weight is 197 g/mol. The molecule has 0 spiro atoms. The van der Waals surface area contributed by atoms with Crippen molar-refractivity contribution in [1.29, 1.82) is 0 Å². The van der Waals surface area contributed by atoms with E-state index < -0.39 is 0 Å². The quantitative estimate of drug-likeness (QED) is 0.695. The van der Waals surface area contributed by atoms with Crippen LogP contribution in [0.15, 0.2) is 0 Å². The van der Waals surface area contributed by atoms with Crippen LogP contribution in [0, 0.1) is 11.3 Å². The molecule has 2 fully saturated rings. The number of aliphatic hydroxyl groups excluding tert-OH is 1. The Kier molecular flexibility index (Phi) is 2.77. The Morgan fingerprint density at radius 3 is 2.64 bits per heavy atom. The Labute approximate surface area is 84.9 Å². The standard InChI is InChI=1S/C11H19NO2/c13-8-11(5-1-2-6-11)9-3-4-10(14)12-7-9/h9,13H,1-8H2,(H,12,14). The molecule has 1 saturated carbocycles. The number of carbonyl (C=O) groups is 1. The third-order valence-electron chi connectivity index (χ3n) is 4.05. The van der Waals surface area contributed by atoms with Gasteiger partial charge in [0.15, 0.2) is 0 Å². The van der Waals surface area contributed by atoms with Gasteiger partial charge < -0.3 is 10.4 Å². The maximum absolute atomic E-state index is 11.0. The van der Waals surface area contributed by atoms with Crippen molar-refractivity contribution in [3.05, 3.63) is 0 Å². The molecule has 2 N–H and O–H groups in total. The molecule has 0 aromatic heterocycles. The van der Waals surface area contributed by atoms with Gasteiger partial charge in [-0.2, -0.15) is 0 Å². The Morgan fingerprint density at radius 2 is 2.14 bits per heavy atom. The monoisotopic (exact) mass is 197 g/mol. The molecule has 2 aliphatic rings. The first kappa shape index (κ1) is 9.97. The minimum absolute atomic E-state index is 0.133. The van der Waals surface area contributed by atoms with Crippen LogP contribution in [0.25, 0.3) is 0 Å². The van der Waals surface area contributed by atoms with Crippen LogP contribution in [-0.2, 0) is 4.79 Å². The fourth-order valence-electron chi connectivity index (χ4n) is 3.03. The Morgan fingerprint density at radius 1 is 1.43 bits per heavy atom. The van der Waals surface area contributed by atoms with Crippen LogP contribution in [0.1, 0.15) is 38.5 Å². The van der Waals surface area contributed by atoms with Crippen molar-refractivity contribution >= 4 is 5.91 Å². The van der Waals surface area contributed by atoms with Gasteiger partial charge in [0.1, 0.15) is 0 Å². The van der Waals surface area contributed by atoms with Crippen LogP contribution >= 0.6 is 0 Å². The molecule has 1 aliphatic heterocycles. The van der Waals surface area contributed by atoms with Crippen molar-refractivity contribution in [3.8, 4) is 0 Å². The van der Waals surface area contributed by atoms with E-state index in [-0.39, 0.29) is 11.3 Å². The van der Waals surface area contributed by atoms with Gasteiger partial charge in [0.25, 0.3) is 0 Å². The molecule has 1 atom stereocenters. The van der Waals surface area contributed by atoms with Gasteiger partial charge in [0.2, 0.25) is 5.91 Å². The second-order valence-electron chi connectivity index (χ2n) is 4.77. The highest BCUT2D eigenvalue weighted by atomic mass is 16.3. The summed E-state index contributed by atoms with van der Waals surface area (Å²) in [5.41, 5.74) is 0.133. The summed E-state index contributed by atoms with van der Waals surface area (Å²) in [6, 6.07) is 0. The normalized spacial score (nSPS) is 31.5. The number of carbonyl (C=O) groups excluding carboxylic acids is 1. The molecule has 1 amide bonds. The van der Waals surface area contributed by atoms with Crippen LogP contribution in [0.2, 0.25) is 0 Å². The van der Waals surface area contributed by atoms with E-state index in [1.807, 2.05) is 0 Å². The third-order valence-corrected chi connectivity index (χ3v) is 4.05. The topological polar surface area (TPSA) is 49.3 Å². The van der Waals surface area contributed by atoms with Gasteiger partial charge >= 0.3 is 0 Å². The van der Waals surface area contributed by atoms with Crippen LogP contribution in [-0.4, -0.2) is 24.2 Å². The minimum atomic E-state index is 0.133. The molecule has 0 aromatic rings. The zero-order chi connectivity index (χ0) is 10.0. The van der Waals surface area contributed by atoms with Crippen molar-refractivity contribution in [1.82, 2.24) is 5.32 Å². The number of hydrogen-bond acceptors (Lipinski definition) is 2. The molecule has 3 heteroatoms. The smallest absolute Gasteiger partial charge is 0.220 e. The summed E-state index contributed by atoms with van der Waals surface area (Å²) in [6.45, 7) is 1.08. The summed E-state index contributed by atoms with van der Waals surface area (Å²) in [7, 11) is 0. The predicted octanol–water partition coefficient (Wildman–Crippen LogP) is 1.07. The number of hydrogen-bond donors (Lipinski definition) is 2. The zero-order valence-corrected chi connectivity index (χ0v) is 8.59. The average Bonchev–Trinajstić information content (AvgIpc) is 2.68. The van der Waals surface area contributed by atoms with E-state index in [9.17, 15) is 9.90 Å². The highest BCUT2D eigenvalue weighted by Gasteiger charge is 2.41. The lowest BCUT2D eigenvalue weighted by Crippen LogP contribution is -2.44. The van der Waals surface area contributed by atoms with Crippen LogP contribution in [0.3, 0.4) is 0 Å². The Bertz CT molecular complexity index is 211. The molecule has 1 unspecified atom stereocenters. The zero-order valence-electron chi connectivity index (χ0n) is 8.59. The highest BCUT2D eigenvalue weighted by Crippen LogP contribution is 2.46. The SMILES string of the molecule is O=C1CCC(C2(CO)CCCC2)CN1. The first-order chi connectivity index (χ1) is 6.77. The lowest BCUT2D eigenvalue weighted by molar-refractivity contribution is -0.124. The van der Waals surface area contributed by atoms with Gasteiger partial charge in [-0.05, 0) is 30.6 Å². The van der Waals surface area contributed by atoms with Crippen LogP contribution in [0.5, 0.6) is 0 Å². The summed E-state index contributed by atoms with van der Waals surface area (Å²) in [5, 5.41) is 12.4. The van der Waals surface area contributed by atoms with Gasteiger partial charge in [-0.1, -0.05) is 12.8 Å². The summed E-state index contributed by atoms with van der Waals surface area (Å²) < 4.78 is 0. The number of aliphatic hydroxyl groups is 1. The number of piperidine rings is 1. The highest BCUT2D eigenvalue weighted by molar-refractivity contribution is 5.76. The van der Waals surface area contributed by atoms with E-state index in [1.165, 1.54) is 12.8 Å². The van der Waals surface area contributed by atoms with Crippen molar-refractivity contribution < 1.29 is 9.90 Å². The maximum Gasteiger partial charge on any atom is 0.220 e. The summed E-state index contributed by atoms with van der Waals surface area (Å²) in [4.78, 5) is 11.0. The molecule has 14 heavy (non-hydrogen) atoms. The molecule has 0 radical (unpaired) electrons. The molecule has 80 valence electrons. The number of amides is 1. The molecular weight excluding hydrogens is 178 g/mol. The molecule has 3 nitrogen and oxygen atoms in total. The maximum atomic E-state index is 11.0. The molecule has 1 saturated heterocycles. The Balaban J connectivity index is 2.01. The summed E-state index contributed by atoms with van der Waals surface area (Å²) in [6.07, 6.45) is 6.38. The fraction of sp³-hybridized carbons (Fsp3) is 0.909. The first-order valence-electron chi connectivity index (χ1n) is 5.64. The van der Waals surface area contributed by atoms with Crippen molar-refractivity contribution in [2.45, 2.75) is 38.5 Å². The number of rotatable bonds is 2. The molecule has 0 aromatic carbocycles. The van der Waals surface area contributed by atoms with E-state index >= 15 is 0 Å². The third kappa shape index (κ3) is 1.65. The Hall–Kier alpha value is -0.570. The number of nitrogens with one attached hydrogen (secondary N) is 1. The van der Waals surface area contributed by atoms with Gasteiger partial charge in [0.05, 0.1) is 0 Å². The lowest BCUT2D eigenvalue weighted by Gasteiger charge is -2.38. The van der Waals surface area contributed by atoms with E-state index in [0.717, 1.165) is 25.8 Å². The molecular formula is C11H19NO2. The second-order valence-corrected chi connectivity index (χ2v) is 4.77. The fourth-order valence-corrected chi connectivity index (χ4v) is 3.03. The molecule has 2 rings (SSSR count). The van der Waals surface area contributed by atoms with E-state index in [1.54, 1.807) is 0 Å². The molecule has 0 bridgehead atoms. The van der Waals surface area contributed by atoms with Gasteiger partial charge in [-0.3, -0.25) is 4.79 Å². The van der Waals surface area contributed by atoms with Crippen molar-refractivity contribution in [2.75, 3.05) is 13.2 Å². The minimum Gasteiger partial charge on any atom is -0.396 e. The largest absolute Gasteiger partial charge is 0.396 e. The van der Waals surface area contributed by atoms with Crippen molar-refractivity contribution in [2.24, 2.45) is 11.3 Å². The van der Waals surface area contributed by atoms with Crippen molar-refractivity contribution in [3.63, 3.8) is 0 Å². The predicted molar refractivity (Wildman–Crippen MR) is 53.7 cm³/mol. The summed E-state index contributed by atoms with van der Waals surface area (Å²) >= 11 is 0. The van der Waals surface area contributed by atoms with Gasteiger partial charge in [-0.25, -0.2) is 0 Å². The van der Waals surface area contributed by atoms with E-state index in [0.29, 0.717) is 18.9 Å².